The molecule has 33 heavy (non-hydrogen) atoms. The van der Waals surface area contributed by atoms with Crippen molar-refractivity contribution in [3.05, 3.63) is 65.5 Å². The molecule has 2 aromatic rings. The van der Waals surface area contributed by atoms with Gasteiger partial charge < -0.3 is 26.0 Å². The van der Waals surface area contributed by atoms with Crippen LogP contribution in [0.3, 0.4) is 0 Å². The SMILES string of the molecule is CCN1C(=O)C(=O)N(C(Cc2ccccn2)C(=O)O)CC1NC(=O)c1ccc(C(=N)N)cc1. The number of nitrogen functional groups attached to an aromatic ring is 1. The maximum Gasteiger partial charge on any atom is 0.326 e. The van der Waals surface area contributed by atoms with E-state index in [1.54, 1.807) is 25.1 Å². The van der Waals surface area contributed by atoms with Crippen LogP contribution in [0, 0.1) is 5.41 Å². The Balaban J connectivity index is 1.83. The molecule has 0 radical (unpaired) electrons. The lowest BCUT2D eigenvalue weighted by Gasteiger charge is -2.42. The molecule has 0 bridgehead atoms. The number of nitrogens with one attached hydrogen (secondary N) is 2. The van der Waals surface area contributed by atoms with Gasteiger partial charge in [-0.3, -0.25) is 24.8 Å². The van der Waals surface area contributed by atoms with E-state index in [1.807, 2.05) is 0 Å². The van der Waals surface area contributed by atoms with Crippen LogP contribution in [0.4, 0.5) is 0 Å². The van der Waals surface area contributed by atoms with Crippen LogP contribution in [0.2, 0.25) is 0 Å². The molecular formula is C22H24N6O5. The number of aliphatic carboxylic acids is 1. The maximum atomic E-state index is 12.8. The van der Waals surface area contributed by atoms with E-state index in [2.05, 4.69) is 10.3 Å². The molecule has 11 nitrogen and oxygen atoms in total. The lowest BCUT2D eigenvalue weighted by atomic mass is 10.1. The van der Waals surface area contributed by atoms with Crippen LogP contribution in [-0.4, -0.2) is 74.7 Å². The van der Waals surface area contributed by atoms with Gasteiger partial charge in [-0.25, -0.2) is 4.79 Å². The lowest BCUT2D eigenvalue weighted by Crippen LogP contribution is -2.67. The number of carbonyl (C=O) groups is 4. The first-order valence-electron chi connectivity index (χ1n) is 10.2. The smallest absolute Gasteiger partial charge is 0.326 e. The second-order valence-corrected chi connectivity index (χ2v) is 7.41. The third-order valence-corrected chi connectivity index (χ3v) is 5.34. The summed E-state index contributed by atoms with van der Waals surface area (Å²) < 4.78 is 0. The highest BCUT2D eigenvalue weighted by atomic mass is 16.4. The molecule has 2 heterocycles. The Hall–Kier alpha value is -4.28. The average molecular weight is 452 g/mol. The van der Waals surface area contributed by atoms with E-state index in [0.717, 1.165) is 4.90 Å². The van der Waals surface area contributed by atoms with Crippen LogP contribution in [0.5, 0.6) is 0 Å². The van der Waals surface area contributed by atoms with Crippen molar-refractivity contribution >= 4 is 29.5 Å². The molecule has 3 rings (SSSR count). The molecule has 172 valence electrons. The second-order valence-electron chi connectivity index (χ2n) is 7.41. The minimum Gasteiger partial charge on any atom is -0.480 e. The van der Waals surface area contributed by atoms with Crippen molar-refractivity contribution in [1.82, 2.24) is 20.1 Å². The monoisotopic (exact) mass is 452 g/mol. The molecule has 0 saturated carbocycles. The highest BCUT2D eigenvalue weighted by Gasteiger charge is 2.44. The van der Waals surface area contributed by atoms with E-state index in [1.165, 1.54) is 35.4 Å². The molecule has 2 unspecified atom stereocenters. The Kier molecular flexibility index (Phi) is 7.01. The molecule has 1 fully saturated rings. The van der Waals surface area contributed by atoms with E-state index in [0.29, 0.717) is 11.3 Å². The van der Waals surface area contributed by atoms with Crippen molar-refractivity contribution in [3.63, 3.8) is 0 Å². The van der Waals surface area contributed by atoms with Crippen LogP contribution in [-0.2, 0) is 20.8 Å². The van der Waals surface area contributed by atoms with E-state index in [9.17, 15) is 24.3 Å². The van der Waals surface area contributed by atoms with Gasteiger partial charge in [-0.2, -0.15) is 0 Å². The standard InChI is InChI=1S/C22H24N6O5/c1-2-27-17(26-19(29)14-8-6-13(7-9-14)18(23)24)12-28(21(31)20(27)30)16(22(32)33)11-15-5-3-4-10-25-15/h3-10,16-17H,2,11-12H2,1H3,(H3,23,24)(H,26,29)(H,32,33). The van der Waals surface area contributed by atoms with Crippen LogP contribution in [0.15, 0.2) is 48.7 Å². The van der Waals surface area contributed by atoms with Crippen molar-refractivity contribution in [1.29, 1.82) is 5.41 Å². The van der Waals surface area contributed by atoms with Gasteiger partial charge in [0.1, 0.15) is 18.0 Å². The number of hydrogen-bond acceptors (Lipinski definition) is 6. The summed E-state index contributed by atoms with van der Waals surface area (Å²) in [4.78, 5) is 56.5. The van der Waals surface area contributed by atoms with Gasteiger partial charge in [0, 0.05) is 36.0 Å². The summed E-state index contributed by atoms with van der Waals surface area (Å²) in [6.07, 6.45) is 0.497. The summed E-state index contributed by atoms with van der Waals surface area (Å²) in [5, 5.41) is 19.9. The third kappa shape index (κ3) is 5.14. The molecule has 1 aromatic heterocycles. The Labute approximate surface area is 189 Å². The number of nitrogens with two attached hydrogens (primary N) is 1. The fourth-order valence-electron chi connectivity index (χ4n) is 3.59. The van der Waals surface area contributed by atoms with Gasteiger partial charge in [-0.05, 0) is 31.2 Å². The molecule has 2 atom stereocenters. The summed E-state index contributed by atoms with van der Waals surface area (Å²) in [6.45, 7) is 1.61. The van der Waals surface area contributed by atoms with E-state index < -0.39 is 35.9 Å². The van der Waals surface area contributed by atoms with Crippen LogP contribution in [0.25, 0.3) is 0 Å². The van der Waals surface area contributed by atoms with Gasteiger partial charge in [0.25, 0.3) is 5.91 Å². The molecular weight excluding hydrogens is 428 g/mol. The van der Waals surface area contributed by atoms with Crippen molar-refractivity contribution < 1.29 is 24.3 Å². The summed E-state index contributed by atoms with van der Waals surface area (Å²) >= 11 is 0. The zero-order valence-electron chi connectivity index (χ0n) is 17.9. The van der Waals surface area contributed by atoms with Crippen LogP contribution >= 0.6 is 0 Å². The fraction of sp³-hybridized carbons (Fsp3) is 0.273. The molecule has 0 spiro atoms. The van der Waals surface area contributed by atoms with Crippen LogP contribution < -0.4 is 11.1 Å². The van der Waals surface area contributed by atoms with Gasteiger partial charge >= 0.3 is 17.8 Å². The Morgan fingerprint density at radius 2 is 1.85 bits per heavy atom. The number of carboxylic acids is 1. The first-order valence-corrected chi connectivity index (χ1v) is 10.2. The van der Waals surface area contributed by atoms with Crippen molar-refractivity contribution in [2.45, 2.75) is 25.6 Å². The molecule has 1 aromatic carbocycles. The minimum atomic E-state index is -1.33. The number of benzene rings is 1. The second kappa shape index (κ2) is 9.90. The highest BCUT2D eigenvalue weighted by molar-refractivity contribution is 6.36. The molecule has 3 amide bonds. The van der Waals surface area contributed by atoms with E-state index in [-0.39, 0.29) is 30.9 Å². The predicted molar refractivity (Wildman–Crippen MR) is 117 cm³/mol. The van der Waals surface area contributed by atoms with E-state index >= 15 is 0 Å². The van der Waals surface area contributed by atoms with Gasteiger partial charge in [0.2, 0.25) is 0 Å². The zero-order valence-corrected chi connectivity index (χ0v) is 17.9. The number of pyridine rings is 1. The summed E-state index contributed by atoms with van der Waals surface area (Å²) in [6, 6.07) is 9.69. The number of piperazine rings is 1. The lowest BCUT2D eigenvalue weighted by molar-refractivity contribution is -0.165. The Morgan fingerprint density at radius 3 is 2.39 bits per heavy atom. The van der Waals surface area contributed by atoms with Crippen molar-refractivity contribution in [3.8, 4) is 0 Å². The van der Waals surface area contributed by atoms with Crippen LogP contribution in [0.1, 0.15) is 28.5 Å². The van der Waals surface area contributed by atoms with E-state index in [4.69, 9.17) is 11.1 Å². The molecule has 11 heteroatoms. The molecule has 1 aliphatic heterocycles. The quantitative estimate of drug-likeness (QED) is 0.244. The summed E-state index contributed by atoms with van der Waals surface area (Å²) in [5.74, 6) is -3.78. The average Bonchev–Trinajstić information content (AvgIpc) is 2.80. The predicted octanol–water partition coefficient (Wildman–Crippen LogP) is -0.192. The number of carboxylic acid groups (broad SMARTS) is 1. The topological polar surface area (TPSA) is 170 Å². The number of hydrogen-bond donors (Lipinski definition) is 4. The molecule has 1 aliphatic rings. The number of likely N-dealkylation sites (N-methyl/N-ethyl adjacent to an activating group) is 1. The normalized spacial score (nSPS) is 16.9. The maximum absolute atomic E-state index is 12.8. The zero-order chi connectivity index (χ0) is 24.1. The number of amides is 3. The van der Waals surface area contributed by atoms with Gasteiger partial charge in [0.05, 0.1) is 6.54 Å². The van der Waals surface area contributed by atoms with Gasteiger partial charge in [-0.15, -0.1) is 0 Å². The number of aromatic nitrogens is 1. The highest BCUT2D eigenvalue weighted by Crippen LogP contribution is 2.17. The number of rotatable bonds is 8. The van der Waals surface area contributed by atoms with Crippen molar-refractivity contribution in [2.24, 2.45) is 5.73 Å². The first kappa shape index (κ1) is 23.4. The fourth-order valence-corrected chi connectivity index (χ4v) is 3.59. The minimum absolute atomic E-state index is 0.0888. The number of nitrogens with zero attached hydrogens (tertiary/aromatic N) is 3. The molecule has 0 aliphatic carbocycles. The Bertz CT molecular complexity index is 1070. The summed E-state index contributed by atoms with van der Waals surface area (Å²) in [7, 11) is 0. The number of carbonyl (C=O) groups excluding carboxylic acids is 3. The first-order chi connectivity index (χ1) is 15.7. The van der Waals surface area contributed by atoms with Gasteiger partial charge in [0.15, 0.2) is 0 Å². The van der Waals surface area contributed by atoms with Gasteiger partial charge in [-0.1, -0.05) is 18.2 Å². The third-order valence-electron chi connectivity index (χ3n) is 5.34. The van der Waals surface area contributed by atoms with Crippen molar-refractivity contribution in [2.75, 3.05) is 13.1 Å². The summed E-state index contributed by atoms with van der Waals surface area (Å²) in [5.41, 5.74) is 6.59. The molecule has 1 saturated heterocycles. The number of amidine groups is 1. The largest absolute Gasteiger partial charge is 0.480 e. The Morgan fingerprint density at radius 1 is 1.18 bits per heavy atom. The molecule has 5 N–H and O–H groups in total.